The van der Waals surface area contributed by atoms with Crippen molar-refractivity contribution < 1.29 is 4.79 Å². The van der Waals surface area contributed by atoms with E-state index in [1.165, 1.54) is 4.88 Å². The van der Waals surface area contributed by atoms with Gasteiger partial charge in [-0.05, 0) is 30.2 Å². The van der Waals surface area contributed by atoms with E-state index in [4.69, 9.17) is 0 Å². The molecule has 0 N–H and O–H groups in total. The van der Waals surface area contributed by atoms with Gasteiger partial charge in [-0.1, -0.05) is 24.3 Å². The van der Waals surface area contributed by atoms with Crippen molar-refractivity contribution in [1.82, 2.24) is 0 Å². The summed E-state index contributed by atoms with van der Waals surface area (Å²) >= 11 is 3.34. The lowest BCUT2D eigenvalue weighted by atomic mass is 10.1. The van der Waals surface area contributed by atoms with Gasteiger partial charge in [0.15, 0.2) is 5.78 Å². The molecule has 2 aromatic rings. The van der Waals surface area contributed by atoms with Crippen LogP contribution in [0.15, 0.2) is 46.7 Å². The van der Waals surface area contributed by atoms with Crippen LogP contribution in [0.2, 0.25) is 0 Å². The average Bonchev–Trinajstić information content (AvgIpc) is 2.89. The summed E-state index contributed by atoms with van der Waals surface area (Å²) in [6, 6.07) is 11.9. The average molecular weight is 262 g/mol. The molecule has 2 rings (SSSR count). The molecule has 1 heterocycles. The van der Waals surface area contributed by atoms with Crippen molar-refractivity contribution in [2.75, 3.05) is 6.26 Å². The van der Waals surface area contributed by atoms with Gasteiger partial charge in [0.25, 0.3) is 0 Å². The Balaban J connectivity index is 2.04. The summed E-state index contributed by atoms with van der Waals surface area (Å²) in [6.45, 7) is 0. The van der Waals surface area contributed by atoms with Crippen LogP contribution in [0.3, 0.4) is 0 Å². The zero-order valence-corrected chi connectivity index (χ0v) is 11.3. The van der Waals surface area contributed by atoms with Gasteiger partial charge in [0.1, 0.15) is 0 Å². The third-order valence-electron chi connectivity index (χ3n) is 2.59. The molecule has 17 heavy (non-hydrogen) atoms. The molecule has 0 saturated carbocycles. The van der Waals surface area contributed by atoms with Crippen LogP contribution in [-0.4, -0.2) is 12.0 Å². The van der Waals surface area contributed by atoms with E-state index in [2.05, 4.69) is 11.4 Å². The van der Waals surface area contributed by atoms with Crippen molar-refractivity contribution >= 4 is 28.9 Å². The largest absolute Gasteiger partial charge is 0.294 e. The Hall–Kier alpha value is -1.06. The maximum atomic E-state index is 12.1. The number of hydrogen-bond donors (Lipinski definition) is 0. The zero-order chi connectivity index (χ0) is 12.1. The van der Waals surface area contributed by atoms with Crippen molar-refractivity contribution in [2.24, 2.45) is 0 Å². The lowest BCUT2D eigenvalue weighted by Crippen LogP contribution is -2.02. The highest BCUT2D eigenvalue weighted by Gasteiger charge is 2.10. The molecule has 0 aliphatic heterocycles. The predicted octanol–water partition coefficient (Wildman–Crippen LogP) is 4.29. The van der Waals surface area contributed by atoms with Crippen LogP contribution in [0.5, 0.6) is 0 Å². The molecule has 1 aromatic heterocycles. The van der Waals surface area contributed by atoms with Crippen molar-refractivity contribution in [3.63, 3.8) is 0 Å². The minimum absolute atomic E-state index is 0.239. The third-order valence-corrected chi connectivity index (χ3v) is 4.32. The number of carbonyl (C=O) groups is 1. The first kappa shape index (κ1) is 12.4. The molecule has 0 unspecified atom stereocenters. The van der Waals surface area contributed by atoms with Crippen LogP contribution in [-0.2, 0) is 6.42 Å². The monoisotopic (exact) mass is 262 g/mol. The lowest BCUT2D eigenvalue weighted by Gasteiger charge is -2.05. The molecular formula is C14H14OS2. The third kappa shape index (κ3) is 3.20. The Kier molecular flexibility index (Phi) is 4.40. The number of Topliss-reactive ketones (excluding diaryl/α,β-unsaturated/α-hetero) is 1. The summed E-state index contributed by atoms with van der Waals surface area (Å²) < 4.78 is 0. The van der Waals surface area contributed by atoms with Crippen molar-refractivity contribution in [3.05, 3.63) is 52.2 Å². The first-order valence-corrected chi connectivity index (χ1v) is 7.60. The molecule has 0 atom stereocenters. The number of carbonyl (C=O) groups excluding carboxylic acids is 1. The van der Waals surface area contributed by atoms with Gasteiger partial charge in [0.05, 0.1) is 0 Å². The van der Waals surface area contributed by atoms with E-state index in [-0.39, 0.29) is 5.78 Å². The molecule has 0 fully saturated rings. The van der Waals surface area contributed by atoms with Crippen molar-refractivity contribution in [2.45, 2.75) is 17.7 Å². The zero-order valence-electron chi connectivity index (χ0n) is 9.68. The van der Waals surface area contributed by atoms with E-state index in [0.717, 1.165) is 16.9 Å². The summed E-state index contributed by atoms with van der Waals surface area (Å²) in [5.41, 5.74) is 0.858. The Morgan fingerprint density at radius 3 is 2.76 bits per heavy atom. The number of thioether (sulfide) groups is 1. The van der Waals surface area contributed by atoms with Crippen molar-refractivity contribution in [1.29, 1.82) is 0 Å². The fourth-order valence-corrected chi connectivity index (χ4v) is 3.03. The van der Waals surface area contributed by atoms with Crippen LogP contribution >= 0.6 is 23.1 Å². The number of ketones is 1. The van der Waals surface area contributed by atoms with Crippen molar-refractivity contribution in [3.8, 4) is 0 Å². The summed E-state index contributed by atoms with van der Waals surface area (Å²) in [7, 11) is 0. The SMILES string of the molecule is CSc1ccccc1C(=O)CCc1cccs1. The molecular weight excluding hydrogens is 248 g/mol. The molecule has 3 heteroatoms. The Labute approximate surface area is 110 Å². The van der Waals surface area contributed by atoms with E-state index in [9.17, 15) is 4.79 Å². The first-order chi connectivity index (χ1) is 8.31. The smallest absolute Gasteiger partial charge is 0.164 e. The first-order valence-electron chi connectivity index (χ1n) is 5.50. The number of benzene rings is 1. The standard InChI is InChI=1S/C14H14OS2/c1-16-14-7-3-2-6-12(14)13(15)9-8-11-5-4-10-17-11/h2-7,10H,8-9H2,1H3. The van der Waals surface area contributed by atoms with Gasteiger partial charge in [-0.15, -0.1) is 23.1 Å². The van der Waals surface area contributed by atoms with E-state index < -0.39 is 0 Å². The van der Waals surface area contributed by atoms with Gasteiger partial charge in [-0.3, -0.25) is 4.79 Å². The summed E-state index contributed by atoms with van der Waals surface area (Å²) in [6.07, 6.45) is 3.45. The van der Waals surface area contributed by atoms with E-state index in [0.29, 0.717) is 6.42 Å². The Bertz CT molecular complexity index is 489. The minimum Gasteiger partial charge on any atom is -0.294 e. The number of thiophene rings is 1. The molecule has 0 spiro atoms. The summed E-state index contributed by atoms with van der Waals surface area (Å²) in [5, 5.41) is 2.05. The quantitative estimate of drug-likeness (QED) is 0.591. The second-order valence-corrected chi connectivity index (χ2v) is 5.58. The number of aryl methyl sites for hydroxylation is 1. The van der Waals surface area contributed by atoms with Gasteiger partial charge < -0.3 is 0 Å². The van der Waals surface area contributed by atoms with Crippen LogP contribution in [0.25, 0.3) is 0 Å². The molecule has 88 valence electrons. The highest BCUT2D eigenvalue weighted by molar-refractivity contribution is 7.98. The highest BCUT2D eigenvalue weighted by atomic mass is 32.2. The van der Waals surface area contributed by atoms with Crippen LogP contribution < -0.4 is 0 Å². The molecule has 0 amide bonds. The number of rotatable bonds is 5. The van der Waals surface area contributed by atoms with E-state index in [1.807, 2.05) is 36.6 Å². The fourth-order valence-electron chi connectivity index (χ4n) is 1.70. The molecule has 0 bridgehead atoms. The number of hydrogen-bond acceptors (Lipinski definition) is 3. The molecule has 1 nitrogen and oxygen atoms in total. The topological polar surface area (TPSA) is 17.1 Å². The highest BCUT2D eigenvalue weighted by Crippen LogP contribution is 2.22. The maximum Gasteiger partial charge on any atom is 0.164 e. The lowest BCUT2D eigenvalue weighted by molar-refractivity contribution is 0.0980. The molecule has 0 aliphatic rings. The fraction of sp³-hybridized carbons (Fsp3) is 0.214. The second-order valence-electron chi connectivity index (χ2n) is 3.70. The van der Waals surface area contributed by atoms with Gasteiger partial charge in [0.2, 0.25) is 0 Å². The maximum absolute atomic E-state index is 12.1. The minimum atomic E-state index is 0.239. The van der Waals surface area contributed by atoms with Crippen LogP contribution in [0, 0.1) is 0 Å². The normalized spacial score (nSPS) is 10.4. The van der Waals surface area contributed by atoms with Gasteiger partial charge in [-0.25, -0.2) is 0 Å². The van der Waals surface area contributed by atoms with Gasteiger partial charge in [0, 0.05) is 21.8 Å². The molecule has 0 saturated heterocycles. The predicted molar refractivity (Wildman–Crippen MR) is 75.2 cm³/mol. The van der Waals surface area contributed by atoms with Crippen LogP contribution in [0.1, 0.15) is 21.7 Å². The Morgan fingerprint density at radius 1 is 1.24 bits per heavy atom. The summed E-state index contributed by atoms with van der Waals surface area (Å²) in [4.78, 5) is 14.5. The second kappa shape index (κ2) is 6.03. The Morgan fingerprint density at radius 2 is 2.06 bits per heavy atom. The molecule has 0 radical (unpaired) electrons. The van der Waals surface area contributed by atoms with E-state index >= 15 is 0 Å². The molecule has 1 aromatic carbocycles. The van der Waals surface area contributed by atoms with E-state index in [1.54, 1.807) is 23.1 Å². The summed E-state index contributed by atoms with van der Waals surface area (Å²) in [5.74, 6) is 0.239. The molecule has 0 aliphatic carbocycles. The van der Waals surface area contributed by atoms with Gasteiger partial charge >= 0.3 is 0 Å². The van der Waals surface area contributed by atoms with Crippen LogP contribution in [0.4, 0.5) is 0 Å². The van der Waals surface area contributed by atoms with Gasteiger partial charge in [-0.2, -0.15) is 0 Å².